The van der Waals surface area contributed by atoms with Crippen molar-refractivity contribution in [1.82, 2.24) is 4.57 Å². The van der Waals surface area contributed by atoms with Gasteiger partial charge < -0.3 is 4.57 Å². The summed E-state index contributed by atoms with van der Waals surface area (Å²) >= 11 is 0. The maximum atomic E-state index is 14.0. The highest BCUT2D eigenvalue weighted by Gasteiger charge is 2.40. The van der Waals surface area contributed by atoms with Crippen LogP contribution in [0.5, 0.6) is 0 Å². The molecule has 41 heavy (non-hydrogen) atoms. The van der Waals surface area contributed by atoms with E-state index in [1.54, 1.807) is 6.07 Å². The zero-order valence-electron chi connectivity index (χ0n) is 22.6. The summed E-state index contributed by atoms with van der Waals surface area (Å²) in [6.45, 7) is 6.48. The summed E-state index contributed by atoms with van der Waals surface area (Å²) in [6, 6.07) is 36.8. The van der Waals surface area contributed by atoms with E-state index in [2.05, 4.69) is 103 Å². The van der Waals surface area contributed by atoms with Crippen LogP contribution < -0.4 is 0 Å². The van der Waals surface area contributed by atoms with Crippen LogP contribution in [0.15, 0.2) is 137 Å². The Bertz CT molecular complexity index is 2160. The fraction of sp³-hybridized carbons (Fsp3) is 0.0811. The second-order valence-electron chi connectivity index (χ2n) is 10.9. The molecule has 5 aromatic carbocycles. The average molecular weight is 550 g/mol. The van der Waals surface area contributed by atoms with Crippen molar-refractivity contribution in [3.8, 4) is 16.8 Å². The fourth-order valence-electron chi connectivity index (χ4n) is 6.90. The van der Waals surface area contributed by atoms with Crippen LogP contribution in [0.1, 0.15) is 36.0 Å². The Morgan fingerprint density at radius 1 is 0.732 bits per heavy atom. The molecule has 0 N–H and O–H groups in total. The first kappa shape index (κ1) is 24.2. The number of hydrogen-bond acceptors (Lipinski definition) is 2. The van der Waals surface area contributed by atoms with Crippen LogP contribution in [0, 0.1) is 0 Å². The largest absolute Gasteiger partial charge is 0.309 e. The number of fused-ring (bicyclic) bond motifs is 5. The van der Waals surface area contributed by atoms with Crippen LogP contribution in [0.2, 0.25) is 0 Å². The third-order valence-electron chi connectivity index (χ3n) is 8.76. The van der Waals surface area contributed by atoms with Crippen molar-refractivity contribution in [2.75, 3.05) is 0 Å². The van der Waals surface area contributed by atoms with Gasteiger partial charge in [-0.25, -0.2) is 8.42 Å². The lowest BCUT2D eigenvalue weighted by atomic mass is 9.74. The fourth-order valence-corrected chi connectivity index (χ4v) is 8.69. The number of allylic oxidation sites excluding steroid dienone is 3. The van der Waals surface area contributed by atoms with Gasteiger partial charge in [-0.05, 0) is 82.3 Å². The highest BCUT2D eigenvalue weighted by molar-refractivity contribution is 7.91. The SMILES string of the molecule is C=C1C=C(CC)C2c3ccccc3S(=O)(=O)c3cc(-c4ccc(-n5c6ccccc6c6ccccc65)cc4)cc1c32. The van der Waals surface area contributed by atoms with Gasteiger partial charge in [0, 0.05) is 22.4 Å². The van der Waals surface area contributed by atoms with Crippen LogP contribution in [0.3, 0.4) is 0 Å². The van der Waals surface area contributed by atoms with Crippen molar-refractivity contribution < 1.29 is 8.42 Å². The maximum absolute atomic E-state index is 14.0. The van der Waals surface area contributed by atoms with Gasteiger partial charge in [-0.2, -0.15) is 0 Å². The maximum Gasteiger partial charge on any atom is 0.207 e. The van der Waals surface area contributed by atoms with E-state index in [0.29, 0.717) is 9.79 Å². The van der Waals surface area contributed by atoms with Crippen LogP contribution in [0.25, 0.3) is 44.2 Å². The van der Waals surface area contributed by atoms with E-state index in [1.165, 1.54) is 16.3 Å². The van der Waals surface area contributed by atoms with Gasteiger partial charge in [0.1, 0.15) is 0 Å². The quantitative estimate of drug-likeness (QED) is 0.221. The first-order valence-corrected chi connectivity index (χ1v) is 15.5. The van der Waals surface area contributed by atoms with E-state index in [9.17, 15) is 8.42 Å². The van der Waals surface area contributed by atoms with Gasteiger partial charge in [-0.3, -0.25) is 0 Å². The lowest BCUT2D eigenvalue weighted by molar-refractivity contribution is 0.588. The van der Waals surface area contributed by atoms with Gasteiger partial charge in [-0.1, -0.05) is 91.9 Å². The standard InChI is InChI=1S/C37H27NO2S/c1-3-24-20-23(2)31-21-26(22-35-37(31)36(24)30-12-6-9-15-34(30)41(35,39)40)25-16-18-27(19-17-25)38-32-13-7-4-10-28(32)29-11-5-8-14-33(29)38/h4-22,36H,2-3H2,1H3. The zero-order valence-corrected chi connectivity index (χ0v) is 23.4. The third kappa shape index (κ3) is 3.34. The first-order chi connectivity index (χ1) is 20.0. The number of aromatic nitrogens is 1. The summed E-state index contributed by atoms with van der Waals surface area (Å²) < 4.78 is 30.3. The molecule has 1 aromatic heterocycles. The monoisotopic (exact) mass is 549 g/mol. The number of nitrogens with zero attached hydrogens (tertiary/aromatic N) is 1. The molecule has 6 aromatic rings. The molecule has 1 aliphatic heterocycles. The molecule has 198 valence electrons. The molecular weight excluding hydrogens is 522 g/mol. The molecule has 3 nitrogen and oxygen atoms in total. The zero-order chi connectivity index (χ0) is 27.9. The van der Waals surface area contributed by atoms with E-state index in [-0.39, 0.29) is 5.92 Å². The minimum Gasteiger partial charge on any atom is -0.309 e. The molecule has 0 saturated heterocycles. The predicted octanol–water partition coefficient (Wildman–Crippen LogP) is 9.09. The van der Waals surface area contributed by atoms with Gasteiger partial charge in [0.25, 0.3) is 0 Å². The molecule has 1 unspecified atom stereocenters. The molecule has 0 spiro atoms. The highest BCUT2D eigenvalue weighted by Crippen LogP contribution is 2.52. The van der Waals surface area contributed by atoms with Crippen molar-refractivity contribution in [2.24, 2.45) is 0 Å². The second kappa shape index (κ2) is 8.66. The Hall–Kier alpha value is -4.67. The first-order valence-electron chi connectivity index (χ1n) is 14.0. The van der Waals surface area contributed by atoms with Gasteiger partial charge in [0.05, 0.1) is 20.8 Å². The number of sulfone groups is 1. The third-order valence-corrected chi connectivity index (χ3v) is 10.6. The van der Waals surface area contributed by atoms with Gasteiger partial charge in [0.15, 0.2) is 0 Å². The minimum atomic E-state index is -3.68. The summed E-state index contributed by atoms with van der Waals surface area (Å²) in [5.74, 6) is -0.0676. The molecule has 0 saturated carbocycles. The summed E-state index contributed by atoms with van der Waals surface area (Å²) in [4.78, 5) is 0.814. The van der Waals surface area contributed by atoms with Crippen molar-refractivity contribution in [1.29, 1.82) is 0 Å². The molecule has 0 amide bonds. The van der Waals surface area contributed by atoms with Crippen LogP contribution >= 0.6 is 0 Å². The summed E-state index contributed by atoms with van der Waals surface area (Å²) in [5.41, 5.74) is 9.96. The molecule has 0 radical (unpaired) electrons. The van der Waals surface area contributed by atoms with Crippen molar-refractivity contribution >= 4 is 37.2 Å². The average Bonchev–Trinajstić information content (AvgIpc) is 3.34. The number of hydrogen-bond donors (Lipinski definition) is 0. The highest BCUT2D eigenvalue weighted by atomic mass is 32.2. The number of benzene rings is 5. The van der Waals surface area contributed by atoms with Gasteiger partial charge >= 0.3 is 0 Å². The van der Waals surface area contributed by atoms with E-state index in [4.69, 9.17) is 0 Å². The van der Waals surface area contributed by atoms with E-state index < -0.39 is 9.84 Å². The van der Waals surface area contributed by atoms with Gasteiger partial charge in [0.2, 0.25) is 9.84 Å². The molecular formula is C37H27NO2S. The number of rotatable bonds is 3. The van der Waals surface area contributed by atoms with Crippen molar-refractivity contribution in [3.63, 3.8) is 0 Å². The molecule has 1 atom stereocenters. The molecule has 1 aliphatic carbocycles. The predicted molar refractivity (Wildman–Crippen MR) is 167 cm³/mol. The molecule has 0 fully saturated rings. The Morgan fingerprint density at radius 2 is 1.37 bits per heavy atom. The topological polar surface area (TPSA) is 39.1 Å². The summed E-state index contributed by atoms with van der Waals surface area (Å²) in [6.07, 6.45) is 2.99. The van der Waals surface area contributed by atoms with E-state index >= 15 is 0 Å². The van der Waals surface area contributed by atoms with Crippen LogP contribution in [0.4, 0.5) is 0 Å². The lowest BCUT2D eigenvalue weighted by Gasteiger charge is -2.35. The number of para-hydroxylation sites is 2. The van der Waals surface area contributed by atoms with Crippen LogP contribution in [-0.4, -0.2) is 13.0 Å². The second-order valence-corrected chi connectivity index (χ2v) is 12.8. The van der Waals surface area contributed by atoms with E-state index in [0.717, 1.165) is 56.5 Å². The molecule has 8 rings (SSSR count). The minimum absolute atomic E-state index is 0.0676. The Kier molecular flexibility index (Phi) is 5.10. The Morgan fingerprint density at radius 3 is 2.05 bits per heavy atom. The molecule has 2 aliphatic rings. The van der Waals surface area contributed by atoms with Gasteiger partial charge in [-0.15, -0.1) is 0 Å². The molecule has 2 heterocycles. The van der Waals surface area contributed by atoms with Crippen molar-refractivity contribution in [3.05, 3.63) is 144 Å². The Labute approximate surface area is 239 Å². The summed E-state index contributed by atoms with van der Waals surface area (Å²) in [5, 5.41) is 2.44. The molecule has 0 bridgehead atoms. The molecule has 4 heteroatoms. The summed E-state index contributed by atoms with van der Waals surface area (Å²) in [7, 11) is -3.68. The van der Waals surface area contributed by atoms with E-state index in [1.807, 2.05) is 24.3 Å². The van der Waals surface area contributed by atoms with Crippen LogP contribution in [-0.2, 0) is 9.84 Å². The normalized spacial score (nSPS) is 16.9. The smallest absolute Gasteiger partial charge is 0.207 e. The van der Waals surface area contributed by atoms with Crippen molar-refractivity contribution in [2.45, 2.75) is 29.1 Å². The Balaban J connectivity index is 1.31. The lowest BCUT2D eigenvalue weighted by Crippen LogP contribution is -2.23.